The number of nitrogens with one attached hydrogen (secondary N) is 1. The number of hydrogen-bond acceptors (Lipinski definition) is 3. The van der Waals surface area contributed by atoms with E-state index >= 15 is 0 Å². The number of rotatable bonds is 7. The predicted molar refractivity (Wildman–Crippen MR) is 77.9 cm³/mol. The van der Waals surface area contributed by atoms with E-state index < -0.39 is 0 Å². The van der Waals surface area contributed by atoms with Crippen LogP contribution in [0.1, 0.15) is 30.9 Å². The van der Waals surface area contributed by atoms with Gasteiger partial charge in [0.2, 0.25) is 0 Å². The monoisotopic (exact) mass is 263 g/mol. The third kappa shape index (κ3) is 3.48. The molecule has 3 nitrogen and oxygen atoms in total. The molecule has 1 aliphatic rings. The molecule has 0 amide bonds. The summed E-state index contributed by atoms with van der Waals surface area (Å²) in [6.45, 7) is 3.00. The summed E-state index contributed by atoms with van der Waals surface area (Å²) < 4.78 is 11.1. The highest BCUT2D eigenvalue weighted by Gasteiger charge is 2.18. The third-order valence-corrected chi connectivity index (χ3v) is 4.02. The summed E-state index contributed by atoms with van der Waals surface area (Å²) in [6, 6.07) is 7.01. The van der Waals surface area contributed by atoms with Crippen LogP contribution < -0.4 is 10.1 Å². The van der Waals surface area contributed by atoms with Crippen LogP contribution in [0.2, 0.25) is 0 Å². The molecule has 0 saturated carbocycles. The highest BCUT2D eigenvalue weighted by atomic mass is 16.5. The third-order valence-electron chi connectivity index (χ3n) is 4.02. The molecule has 1 aromatic rings. The molecule has 1 aromatic carbocycles. The van der Waals surface area contributed by atoms with Gasteiger partial charge in [-0.25, -0.2) is 0 Å². The first-order valence-electron chi connectivity index (χ1n) is 7.23. The molecule has 0 fully saturated rings. The van der Waals surface area contributed by atoms with Crippen molar-refractivity contribution in [3.8, 4) is 5.75 Å². The van der Waals surface area contributed by atoms with Gasteiger partial charge in [0.25, 0.3) is 0 Å². The quantitative estimate of drug-likeness (QED) is 0.820. The van der Waals surface area contributed by atoms with Crippen molar-refractivity contribution in [2.24, 2.45) is 0 Å². The molecule has 1 aliphatic heterocycles. The minimum Gasteiger partial charge on any atom is -0.493 e. The largest absolute Gasteiger partial charge is 0.493 e. The molecule has 0 saturated heterocycles. The Hall–Kier alpha value is -1.06. The van der Waals surface area contributed by atoms with E-state index in [-0.39, 0.29) is 0 Å². The lowest BCUT2D eigenvalue weighted by Gasteiger charge is -2.24. The zero-order valence-corrected chi connectivity index (χ0v) is 12.2. The Balaban J connectivity index is 1.93. The van der Waals surface area contributed by atoms with Crippen LogP contribution in [-0.2, 0) is 17.6 Å². The van der Waals surface area contributed by atoms with Crippen LogP contribution in [0.4, 0.5) is 0 Å². The molecule has 19 heavy (non-hydrogen) atoms. The molecule has 0 radical (unpaired) electrons. The molecular weight excluding hydrogens is 238 g/mol. The summed E-state index contributed by atoms with van der Waals surface area (Å²) in [5.41, 5.74) is 2.76. The minimum absolute atomic E-state index is 0.294. The molecule has 0 aliphatic carbocycles. The maximum absolute atomic E-state index is 5.54. The highest BCUT2D eigenvalue weighted by molar-refractivity contribution is 5.39. The lowest BCUT2D eigenvalue weighted by molar-refractivity contribution is 0.0651. The molecule has 0 spiro atoms. The lowest BCUT2D eigenvalue weighted by Crippen LogP contribution is -2.38. The molecule has 2 rings (SSSR count). The van der Waals surface area contributed by atoms with Crippen LogP contribution in [0.3, 0.4) is 0 Å². The molecule has 2 atom stereocenters. The summed E-state index contributed by atoms with van der Waals surface area (Å²) in [4.78, 5) is 0. The number of methoxy groups -OCH3 is 1. The number of likely N-dealkylation sites (N-methyl/N-ethyl adjacent to an activating group) is 1. The molecule has 0 bridgehead atoms. The van der Waals surface area contributed by atoms with Crippen molar-refractivity contribution < 1.29 is 9.47 Å². The minimum atomic E-state index is 0.294. The Morgan fingerprint density at radius 1 is 1.42 bits per heavy atom. The van der Waals surface area contributed by atoms with Crippen LogP contribution in [0, 0.1) is 0 Å². The Bertz CT molecular complexity index is 402. The van der Waals surface area contributed by atoms with Crippen LogP contribution in [0.5, 0.6) is 5.75 Å². The molecule has 2 unspecified atom stereocenters. The molecule has 1 N–H and O–H groups in total. The first-order chi connectivity index (χ1) is 9.28. The highest BCUT2D eigenvalue weighted by Crippen LogP contribution is 2.26. The van der Waals surface area contributed by atoms with Crippen molar-refractivity contribution >= 4 is 0 Å². The summed E-state index contributed by atoms with van der Waals surface area (Å²) in [5.74, 6) is 1.07. The van der Waals surface area contributed by atoms with E-state index in [2.05, 4.69) is 30.4 Å². The average Bonchev–Trinajstić information content (AvgIpc) is 2.90. The van der Waals surface area contributed by atoms with Crippen molar-refractivity contribution in [1.82, 2.24) is 5.32 Å². The summed E-state index contributed by atoms with van der Waals surface area (Å²) >= 11 is 0. The van der Waals surface area contributed by atoms with Gasteiger partial charge in [-0.05, 0) is 43.5 Å². The average molecular weight is 263 g/mol. The van der Waals surface area contributed by atoms with Crippen molar-refractivity contribution in [1.29, 1.82) is 0 Å². The fraction of sp³-hybridized carbons (Fsp3) is 0.625. The van der Waals surface area contributed by atoms with Gasteiger partial charge < -0.3 is 14.8 Å². The topological polar surface area (TPSA) is 30.5 Å². The van der Waals surface area contributed by atoms with Gasteiger partial charge in [-0.2, -0.15) is 0 Å². The molecule has 106 valence electrons. The van der Waals surface area contributed by atoms with E-state index in [4.69, 9.17) is 9.47 Å². The van der Waals surface area contributed by atoms with E-state index in [1.807, 2.05) is 7.05 Å². The van der Waals surface area contributed by atoms with Crippen LogP contribution in [0.15, 0.2) is 18.2 Å². The van der Waals surface area contributed by atoms with Gasteiger partial charge in [0.05, 0.1) is 12.7 Å². The predicted octanol–water partition coefficient (Wildman–Crippen LogP) is 2.57. The van der Waals surface area contributed by atoms with Crippen molar-refractivity contribution in [3.63, 3.8) is 0 Å². The number of fused-ring (bicyclic) bond motifs is 1. The van der Waals surface area contributed by atoms with Gasteiger partial charge in [-0.15, -0.1) is 0 Å². The first kappa shape index (κ1) is 14.4. The Morgan fingerprint density at radius 3 is 2.95 bits per heavy atom. The lowest BCUT2D eigenvalue weighted by atomic mass is 9.98. The van der Waals surface area contributed by atoms with Crippen LogP contribution in [-0.4, -0.2) is 32.9 Å². The number of ether oxygens (including phenoxy) is 2. The maximum Gasteiger partial charge on any atom is 0.122 e. The van der Waals surface area contributed by atoms with Crippen LogP contribution in [0.25, 0.3) is 0 Å². The summed E-state index contributed by atoms with van der Waals surface area (Å²) in [7, 11) is 3.81. The van der Waals surface area contributed by atoms with E-state index in [1.165, 1.54) is 11.1 Å². The number of benzene rings is 1. The van der Waals surface area contributed by atoms with Gasteiger partial charge in [-0.3, -0.25) is 0 Å². The van der Waals surface area contributed by atoms with Gasteiger partial charge >= 0.3 is 0 Å². The van der Waals surface area contributed by atoms with Gasteiger partial charge in [0.15, 0.2) is 0 Å². The second kappa shape index (κ2) is 6.92. The van der Waals surface area contributed by atoms with Crippen molar-refractivity contribution in [2.45, 2.75) is 44.8 Å². The molecule has 1 heterocycles. The van der Waals surface area contributed by atoms with E-state index in [0.717, 1.165) is 38.0 Å². The Labute approximate surface area is 116 Å². The molecular formula is C16H25NO2. The Morgan fingerprint density at radius 2 is 2.26 bits per heavy atom. The second-order valence-corrected chi connectivity index (χ2v) is 5.16. The van der Waals surface area contributed by atoms with Gasteiger partial charge in [0, 0.05) is 19.6 Å². The van der Waals surface area contributed by atoms with Crippen molar-refractivity contribution in [2.75, 3.05) is 20.8 Å². The van der Waals surface area contributed by atoms with E-state index in [9.17, 15) is 0 Å². The van der Waals surface area contributed by atoms with Crippen LogP contribution >= 0.6 is 0 Å². The van der Waals surface area contributed by atoms with E-state index in [1.54, 1.807) is 7.11 Å². The van der Waals surface area contributed by atoms with Gasteiger partial charge in [0.1, 0.15) is 5.75 Å². The zero-order valence-electron chi connectivity index (χ0n) is 12.2. The SMILES string of the molecule is CCC(OC)C(CCc1ccc2c(c1)CCO2)NC. The maximum atomic E-state index is 5.54. The summed E-state index contributed by atoms with van der Waals surface area (Å²) in [5, 5.41) is 3.38. The number of aryl methyl sites for hydroxylation is 1. The van der Waals surface area contributed by atoms with E-state index in [0.29, 0.717) is 12.1 Å². The first-order valence-corrected chi connectivity index (χ1v) is 7.23. The molecule has 3 heteroatoms. The Kier molecular flexibility index (Phi) is 5.23. The normalized spacial score (nSPS) is 16.8. The standard InChI is InChI=1S/C16H25NO2/c1-4-15(18-3)14(17-2)7-5-12-6-8-16-13(11-12)9-10-19-16/h6,8,11,14-15,17H,4-5,7,9-10H2,1-3H3. The smallest absolute Gasteiger partial charge is 0.122 e. The fourth-order valence-corrected chi connectivity index (χ4v) is 2.85. The molecule has 0 aromatic heterocycles. The summed E-state index contributed by atoms with van der Waals surface area (Å²) in [6.07, 6.45) is 4.57. The fourth-order valence-electron chi connectivity index (χ4n) is 2.85. The van der Waals surface area contributed by atoms with Gasteiger partial charge in [-0.1, -0.05) is 19.1 Å². The second-order valence-electron chi connectivity index (χ2n) is 5.16. The van der Waals surface area contributed by atoms with Crippen molar-refractivity contribution in [3.05, 3.63) is 29.3 Å². The number of hydrogen-bond donors (Lipinski definition) is 1. The zero-order chi connectivity index (χ0) is 13.7.